The van der Waals surface area contributed by atoms with Crippen LogP contribution in [0.5, 0.6) is 0 Å². The van der Waals surface area contributed by atoms with Crippen LogP contribution in [0.3, 0.4) is 0 Å². The van der Waals surface area contributed by atoms with Crippen molar-refractivity contribution in [3.63, 3.8) is 0 Å². The molecule has 112 valence electrons. The maximum atomic E-state index is 8.02. The van der Waals surface area contributed by atoms with E-state index in [9.17, 15) is 0 Å². The molecule has 0 fully saturated rings. The molecule has 0 saturated heterocycles. The fourth-order valence-electron chi connectivity index (χ4n) is 2.50. The normalized spacial score (nSPS) is 20.0. The molecule has 0 bridgehead atoms. The summed E-state index contributed by atoms with van der Waals surface area (Å²) in [6, 6.07) is 4.37. The Morgan fingerprint density at radius 1 is 0.905 bits per heavy atom. The summed E-state index contributed by atoms with van der Waals surface area (Å²) in [6.07, 6.45) is 1.84. The fraction of sp³-hybridized carbons (Fsp3) is 0.421. The fourth-order valence-corrected chi connectivity index (χ4v) is 5.56. The van der Waals surface area contributed by atoms with Crippen molar-refractivity contribution in [3.8, 4) is 11.3 Å². The molecule has 1 nitrogen and oxygen atoms in total. The first-order chi connectivity index (χ1) is 13.2. The third-order valence-corrected chi connectivity index (χ3v) is 7.95. The second-order valence-electron chi connectivity index (χ2n) is 6.56. The second kappa shape index (κ2) is 5.60. The van der Waals surface area contributed by atoms with E-state index in [1.54, 1.807) is 20.0 Å². The van der Waals surface area contributed by atoms with Crippen LogP contribution in [0.15, 0.2) is 24.4 Å². The first kappa shape index (κ1) is 7.96. The molecule has 0 saturated carbocycles. The molecule has 1 aromatic heterocycles. The summed E-state index contributed by atoms with van der Waals surface area (Å²) >= 11 is -2.52. The van der Waals surface area contributed by atoms with Crippen LogP contribution in [-0.4, -0.2) is 13.3 Å². The average Bonchev–Trinajstić information content (AvgIpc) is 2.50. The topological polar surface area (TPSA) is 3.88 Å². The van der Waals surface area contributed by atoms with Crippen LogP contribution >= 0.6 is 0 Å². The van der Waals surface area contributed by atoms with Gasteiger partial charge in [0.15, 0.2) is 0 Å². The summed E-state index contributed by atoms with van der Waals surface area (Å²) in [5, 5.41) is 0. The molecule has 0 spiro atoms. The number of nitrogens with zero attached hydrogens (tertiary/aromatic N) is 1. The van der Waals surface area contributed by atoms with E-state index in [2.05, 4.69) is 17.3 Å². The van der Waals surface area contributed by atoms with E-state index in [1.165, 1.54) is 12.1 Å². The molecule has 0 aliphatic rings. The first-order valence-corrected chi connectivity index (χ1v) is 14.3. The van der Waals surface area contributed by atoms with Crippen molar-refractivity contribution < 1.29 is 16.9 Å². The van der Waals surface area contributed by atoms with Crippen molar-refractivity contribution in [1.82, 2.24) is 0 Å². The van der Waals surface area contributed by atoms with Crippen LogP contribution in [-0.2, 0) is 7.05 Å². The number of aromatic nitrogens is 1. The van der Waals surface area contributed by atoms with Crippen molar-refractivity contribution in [2.45, 2.75) is 44.7 Å². The number of aryl methyl sites for hydroxylation is 5. The molecule has 0 aliphatic carbocycles. The average molecular weight is 352 g/mol. The Bertz CT molecular complexity index is 885. The van der Waals surface area contributed by atoms with E-state index in [4.69, 9.17) is 12.3 Å². The third-order valence-electron chi connectivity index (χ3n) is 3.72. The van der Waals surface area contributed by atoms with Gasteiger partial charge in [-0.15, -0.1) is 0 Å². The van der Waals surface area contributed by atoms with Crippen molar-refractivity contribution in [2.75, 3.05) is 0 Å². The van der Waals surface area contributed by atoms with E-state index in [0.29, 0.717) is 16.8 Å². The van der Waals surface area contributed by atoms with Gasteiger partial charge in [-0.25, -0.2) is 0 Å². The molecule has 0 atom stereocenters. The van der Waals surface area contributed by atoms with Crippen molar-refractivity contribution in [1.29, 1.82) is 0 Å². The van der Waals surface area contributed by atoms with E-state index >= 15 is 0 Å². The van der Waals surface area contributed by atoms with E-state index in [-0.39, 0.29) is 16.7 Å². The predicted molar refractivity (Wildman–Crippen MR) is 95.0 cm³/mol. The minimum absolute atomic E-state index is 0.205. The Balaban J connectivity index is 2.91. The van der Waals surface area contributed by atoms with Gasteiger partial charge in [-0.2, -0.15) is 0 Å². The van der Waals surface area contributed by atoms with Gasteiger partial charge in [-0.05, 0) is 0 Å². The van der Waals surface area contributed by atoms with Gasteiger partial charge in [0, 0.05) is 0 Å². The summed E-state index contributed by atoms with van der Waals surface area (Å²) in [7, 11) is 1.79. The van der Waals surface area contributed by atoms with Gasteiger partial charge >= 0.3 is 144 Å². The van der Waals surface area contributed by atoms with Crippen LogP contribution in [0.2, 0.25) is 17.3 Å². The standard InChI is InChI=1S/C19H28GeN/c1-13-9-15(3)17(10-14(13)2)19-11-16(4)18(12-21(19)8)20(5,6)7/h9-12H,1-8H3/q+1/i1D3,2D3,4D3. The SMILES string of the molecule is [2H]C([2H])([2H])c1cc(C)c(-c2cc(C([2H])([2H])[2H])[c]([Ge]([CH3])([CH3])[CH3])c[n+]2C)cc1C([2H])([2H])[2H]. The number of benzene rings is 1. The molecule has 0 N–H and O–H groups in total. The van der Waals surface area contributed by atoms with Gasteiger partial charge in [0.05, 0.1) is 0 Å². The Morgan fingerprint density at radius 2 is 1.52 bits per heavy atom. The van der Waals surface area contributed by atoms with Crippen LogP contribution in [0.4, 0.5) is 0 Å². The Labute approximate surface area is 145 Å². The minimum atomic E-state index is -2.61. The number of hydrogen-bond acceptors (Lipinski definition) is 0. The molecule has 0 amide bonds. The Kier molecular flexibility index (Phi) is 2.12. The quantitative estimate of drug-likeness (QED) is 0.569. The van der Waals surface area contributed by atoms with Gasteiger partial charge in [0.1, 0.15) is 0 Å². The molecule has 1 heterocycles. The summed E-state index contributed by atoms with van der Waals surface area (Å²) in [6.45, 7) is -5.78. The number of hydrogen-bond donors (Lipinski definition) is 0. The van der Waals surface area contributed by atoms with Crippen molar-refractivity contribution in [2.24, 2.45) is 7.05 Å². The molecule has 2 aromatic rings. The van der Waals surface area contributed by atoms with Gasteiger partial charge in [0.25, 0.3) is 0 Å². The zero-order valence-corrected chi connectivity index (χ0v) is 15.4. The molecule has 0 radical (unpaired) electrons. The zero-order valence-electron chi connectivity index (χ0n) is 22.3. The predicted octanol–water partition coefficient (Wildman–Crippen LogP) is 3.96. The Morgan fingerprint density at radius 3 is 2.10 bits per heavy atom. The monoisotopic (exact) mass is 353 g/mol. The van der Waals surface area contributed by atoms with Crippen LogP contribution in [0.25, 0.3) is 11.3 Å². The summed E-state index contributed by atoms with van der Waals surface area (Å²) in [5.41, 5.74) is 1.45. The van der Waals surface area contributed by atoms with E-state index in [1.807, 2.05) is 10.8 Å². The van der Waals surface area contributed by atoms with E-state index in [0.717, 1.165) is 4.40 Å². The molecular formula is C19H28GeN+. The van der Waals surface area contributed by atoms with E-state index < -0.39 is 33.8 Å². The molecular weight excluding hydrogens is 315 g/mol. The maximum absolute atomic E-state index is 8.02. The molecule has 0 aliphatic heterocycles. The second-order valence-corrected chi connectivity index (χ2v) is 17.1. The molecule has 21 heavy (non-hydrogen) atoms. The van der Waals surface area contributed by atoms with Crippen LogP contribution in [0, 0.1) is 27.5 Å². The zero-order chi connectivity index (χ0) is 23.4. The number of pyridine rings is 1. The van der Waals surface area contributed by atoms with Crippen LogP contribution < -0.4 is 8.96 Å². The summed E-state index contributed by atoms with van der Waals surface area (Å²) < 4.78 is 73.4. The van der Waals surface area contributed by atoms with Crippen LogP contribution in [0.1, 0.15) is 34.6 Å². The Hall–Kier alpha value is -1.09. The molecule has 1 aromatic carbocycles. The molecule has 2 heteroatoms. The van der Waals surface area contributed by atoms with Gasteiger partial charge < -0.3 is 0 Å². The van der Waals surface area contributed by atoms with Gasteiger partial charge in [0.2, 0.25) is 0 Å². The van der Waals surface area contributed by atoms with Crippen molar-refractivity contribution in [3.05, 3.63) is 46.6 Å². The molecule has 0 unspecified atom stereocenters. The third kappa shape index (κ3) is 3.23. The summed E-state index contributed by atoms with van der Waals surface area (Å²) in [4.78, 5) is 0. The van der Waals surface area contributed by atoms with Crippen molar-refractivity contribution >= 4 is 17.7 Å². The first-order valence-electron chi connectivity index (χ1n) is 11.4. The van der Waals surface area contributed by atoms with Gasteiger partial charge in [-0.3, -0.25) is 0 Å². The summed E-state index contributed by atoms with van der Waals surface area (Å²) in [5.74, 6) is 6.36. The number of rotatable bonds is 2. The molecule has 2 rings (SSSR count). The van der Waals surface area contributed by atoms with Gasteiger partial charge in [-0.1, -0.05) is 0 Å².